The van der Waals surface area contributed by atoms with E-state index in [4.69, 9.17) is 0 Å². The van der Waals surface area contributed by atoms with Crippen LogP contribution in [-0.2, 0) is 6.54 Å². The third-order valence-corrected chi connectivity index (χ3v) is 4.09. The first-order chi connectivity index (χ1) is 10.6. The lowest BCUT2D eigenvalue weighted by molar-refractivity contribution is 0.0785. The van der Waals surface area contributed by atoms with E-state index in [2.05, 4.69) is 6.58 Å². The Bertz CT molecular complexity index is 749. The predicted molar refractivity (Wildman–Crippen MR) is 85.4 cm³/mol. The van der Waals surface area contributed by atoms with Gasteiger partial charge in [0.15, 0.2) is 5.78 Å². The van der Waals surface area contributed by atoms with Gasteiger partial charge in [-0.2, -0.15) is 0 Å². The zero-order valence-corrected chi connectivity index (χ0v) is 12.5. The number of amides is 1. The van der Waals surface area contributed by atoms with Crippen molar-refractivity contribution in [2.24, 2.45) is 5.92 Å². The summed E-state index contributed by atoms with van der Waals surface area (Å²) in [5.74, 6) is -0.622. The van der Waals surface area contributed by atoms with Crippen molar-refractivity contribution < 1.29 is 9.59 Å². The lowest BCUT2D eigenvalue weighted by Crippen LogP contribution is -2.30. The number of fused-ring (bicyclic) bond motifs is 1. The topological polar surface area (TPSA) is 37.4 Å². The molecule has 2 aromatic carbocycles. The summed E-state index contributed by atoms with van der Waals surface area (Å²) in [6.45, 7) is 6.23. The molecule has 0 spiro atoms. The van der Waals surface area contributed by atoms with Crippen LogP contribution in [0.3, 0.4) is 0 Å². The number of hydrogen-bond donors (Lipinski definition) is 0. The van der Waals surface area contributed by atoms with Crippen LogP contribution in [0.4, 0.5) is 0 Å². The Morgan fingerprint density at radius 2 is 1.55 bits per heavy atom. The largest absolute Gasteiger partial charge is 0.308 e. The van der Waals surface area contributed by atoms with E-state index in [0.29, 0.717) is 23.4 Å². The molecule has 1 aliphatic heterocycles. The number of ketones is 1. The summed E-state index contributed by atoms with van der Waals surface area (Å²) < 4.78 is 0. The number of benzene rings is 2. The van der Waals surface area contributed by atoms with Crippen LogP contribution in [0, 0.1) is 5.92 Å². The maximum Gasteiger partial charge on any atom is 0.259 e. The Kier molecular flexibility index (Phi) is 3.63. The summed E-state index contributed by atoms with van der Waals surface area (Å²) in [5.41, 5.74) is 2.50. The number of hydrogen-bond acceptors (Lipinski definition) is 2. The summed E-state index contributed by atoms with van der Waals surface area (Å²) in [6, 6.07) is 16.7. The molecular weight excluding hydrogens is 274 g/mol. The van der Waals surface area contributed by atoms with Crippen molar-refractivity contribution in [1.82, 2.24) is 4.90 Å². The molecule has 0 saturated heterocycles. The highest BCUT2D eigenvalue weighted by Gasteiger charge is 2.33. The van der Waals surface area contributed by atoms with E-state index in [0.717, 1.165) is 5.56 Å². The summed E-state index contributed by atoms with van der Waals surface area (Å²) in [4.78, 5) is 27.0. The average molecular weight is 291 g/mol. The molecule has 110 valence electrons. The molecule has 0 fully saturated rings. The molecule has 0 aliphatic carbocycles. The van der Waals surface area contributed by atoms with E-state index < -0.39 is 5.92 Å². The van der Waals surface area contributed by atoms with Crippen LogP contribution in [0.5, 0.6) is 0 Å². The Morgan fingerprint density at radius 1 is 0.955 bits per heavy atom. The van der Waals surface area contributed by atoms with Crippen molar-refractivity contribution in [3.05, 3.63) is 83.6 Å². The smallest absolute Gasteiger partial charge is 0.259 e. The molecule has 0 aromatic heterocycles. The molecule has 0 bridgehead atoms. The van der Waals surface area contributed by atoms with Crippen molar-refractivity contribution in [2.75, 3.05) is 0 Å². The van der Waals surface area contributed by atoms with E-state index in [9.17, 15) is 9.59 Å². The molecule has 0 saturated carbocycles. The highest BCUT2D eigenvalue weighted by Crippen LogP contribution is 2.29. The van der Waals surface area contributed by atoms with Crippen LogP contribution in [0.2, 0.25) is 0 Å². The summed E-state index contributed by atoms with van der Waals surface area (Å²) in [6.07, 6.45) is 0. The van der Waals surface area contributed by atoms with Gasteiger partial charge in [-0.25, -0.2) is 0 Å². The van der Waals surface area contributed by atoms with Gasteiger partial charge < -0.3 is 4.90 Å². The van der Waals surface area contributed by atoms with Crippen molar-refractivity contribution in [3.8, 4) is 0 Å². The molecule has 2 aromatic rings. The molecule has 3 rings (SSSR count). The van der Waals surface area contributed by atoms with Gasteiger partial charge in [-0.05, 0) is 18.6 Å². The van der Waals surface area contributed by atoms with Gasteiger partial charge in [-0.1, -0.05) is 55.1 Å². The van der Waals surface area contributed by atoms with Crippen LogP contribution >= 0.6 is 0 Å². The second-order valence-electron chi connectivity index (χ2n) is 5.50. The van der Waals surface area contributed by atoms with Gasteiger partial charge >= 0.3 is 0 Å². The number of allylic oxidation sites excluding steroid dienone is 1. The molecule has 1 amide bonds. The van der Waals surface area contributed by atoms with Gasteiger partial charge in [0.1, 0.15) is 0 Å². The minimum atomic E-state index is -0.406. The minimum Gasteiger partial charge on any atom is -0.308 e. The summed E-state index contributed by atoms with van der Waals surface area (Å²) in [5, 5.41) is 0. The monoisotopic (exact) mass is 291 g/mol. The number of carbonyl (C=O) groups is 2. The van der Waals surface area contributed by atoms with Crippen LogP contribution in [-0.4, -0.2) is 16.6 Å². The Hall–Kier alpha value is -2.68. The van der Waals surface area contributed by atoms with Crippen molar-refractivity contribution in [3.63, 3.8) is 0 Å². The van der Waals surface area contributed by atoms with Gasteiger partial charge in [0, 0.05) is 11.3 Å². The van der Waals surface area contributed by atoms with E-state index in [1.807, 2.05) is 30.3 Å². The summed E-state index contributed by atoms with van der Waals surface area (Å²) >= 11 is 0. The van der Waals surface area contributed by atoms with Crippen LogP contribution < -0.4 is 0 Å². The van der Waals surface area contributed by atoms with Crippen LogP contribution in [0.1, 0.15) is 33.2 Å². The van der Waals surface area contributed by atoms with Crippen molar-refractivity contribution >= 4 is 11.7 Å². The predicted octanol–water partition coefficient (Wildman–Crippen LogP) is 3.68. The molecule has 1 atom stereocenters. The van der Waals surface area contributed by atoms with E-state index in [1.165, 1.54) is 0 Å². The lowest BCUT2D eigenvalue weighted by Gasteiger charge is -2.25. The van der Waals surface area contributed by atoms with E-state index in [-0.39, 0.29) is 11.7 Å². The van der Waals surface area contributed by atoms with Gasteiger partial charge in [0.25, 0.3) is 5.91 Å². The normalized spacial score (nSPS) is 18.1. The maximum atomic E-state index is 12.9. The fourth-order valence-corrected chi connectivity index (χ4v) is 2.72. The van der Waals surface area contributed by atoms with Gasteiger partial charge in [-0.15, -0.1) is 0 Å². The molecule has 3 nitrogen and oxygen atoms in total. The quantitative estimate of drug-likeness (QED) is 0.846. The second-order valence-corrected chi connectivity index (χ2v) is 5.50. The third kappa shape index (κ3) is 2.35. The van der Waals surface area contributed by atoms with Gasteiger partial charge in [-0.3, -0.25) is 9.59 Å². The molecule has 1 aliphatic rings. The fourth-order valence-electron chi connectivity index (χ4n) is 2.72. The molecule has 3 heteroatoms. The highest BCUT2D eigenvalue weighted by atomic mass is 16.2. The van der Waals surface area contributed by atoms with Gasteiger partial charge in [0.2, 0.25) is 0 Å². The number of nitrogens with zero attached hydrogens (tertiary/aromatic N) is 1. The van der Waals surface area contributed by atoms with Crippen molar-refractivity contribution in [2.45, 2.75) is 13.5 Å². The minimum absolute atomic E-state index is 0.0514. The van der Waals surface area contributed by atoms with Gasteiger partial charge in [0.05, 0.1) is 18.0 Å². The van der Waals surface area contributed by atoms with E-state index in [1.54, 1.807) is 36.1 Å². The number of rotatable bonds is 2. The number of Topliss-reactive ketones (excluding diaryl/α,β-unsaturated/α-hetero) is 1. The van der Waals surface area contributed by atoms with Crippen LogP contribution in [0.25, 0.3) is 0 Å². The SMILES string of the molecule is C=C1C(C)C(=O)c2ccccc2C(=O)N1Cc1ccccc1. The Morgan fingerprint density at radius 3 is 2.23 bits per heavy atom. The molecule has 1 heterocycles. The zero-order chi connectivity index (χ0) is 15.7. The van der Waals surface area contributed by atoms with Crippen LogP contribution in [0.15, 0.2) is 66.9 Å². The maximum absolute atomic E-state index is 12.9. The molecule has 0 radical (unpaired) electrons. The molecule has 22 heavy (non-hydrogen) atoms. The number of carbonyl (C=O) groups excluding carboxylic acids is 2. The Balaban J connectivity index is 2.05. The first kappa shape index (κ1) is 14.3. The molecule has 0 N–H and O–H groups in total. The molecular formula is C19H17NO2. The third-order valence-electron chi connectivity index (χ3n) is 4.09. The Labute approximate surface area is 129 Å². The van der Waals surface area contributed by atoms with E-state index >= 15 is 0 Å². The average Bonchev–Trinajstić information content (AvgIpc) is 2.63. The zero-order valence-electron chi connectivity index (χ0n) is 12.5. The van der Waals surface area contributed by atoms with Crippen molar-refractivity contribution in [1.29, 1.82) is 0 Å². The standard InChI is InChI=1S/C19H17NO2/c1-13-14(2)20(12-15-8-4-3-5-9-15)19(22)17-11-7-6-10-16(17)18(13)21/h3-11,13H,2,12H2,1H3. The first-order valence-corrected chi connectivity index (χ1v) is 7.27. The highest BCUT2D eigenvalue weighted by molar-refractivity contribution is 6.12. The first-order valence-electron chi connectivity index (χ1n) is 7.27. The molecule has 1 unspecified atom stereocenters. The lowest BCUT2D eigenvalue weighted by atomic mass is 9.95. The fraction of sp³-hybridized carbons (Fsp3) is 0.158. The second kappa shape index (κ2) is 5.60. The summed E-state index contributed by atoms with van der Waals surface area (Å²) in [7, 11) is 0.